The summed E-state index contributed by atoms with van der Waals surface area (Å²) in [7, 11) is 0. The van der Waals surface area contributed by atoms with E-state index in [-0.39, 0.29) is 0 Å². The van der Waals surface area contributed by atoms with Crippen LogP contribution < -0.4 is 10.2 Å². The Balaban J connectivity index is 1.27. The van der Waals surface area contributed by atoms with Crippen molar-refractivity contribution in [1.82, 2.24) is 4.98 Å². The van der Waals surface area contributed by atoms with Crippen molar-refractivity contribution >= 4 is 33.8 Å². The van der Waals surface area contributed by atoms with Crippen LogP contribution in [0.5, 0.6) is 0 Å². The zero-order valence-electron chi connectivity index (χ0n) is 23.5. The highest BCUT2D eigenvalue weighted by Crippen LogP contribution is 2.35. The van der Waals surface area contributed by atoms with Crippen molar-refractivity contribution in [1.29, 1.82) is 0 Å². The Bertz CT molecular complexity index is 1370. The van der Waals surface area contributed by atoms with Crippen LogP contribution in [-0.2, 0) is 13.0 Å². The summed E-state index contributed by atoms with van der Waals surface area (Å²) in [5.41, 5.74) is 7.10. The number of carboxylic acids is 1. The molecule has 1 saturated carbocycles. The average molecular weight is 554 g/mol. The van der Waals surface area contributed by atoms with Gasteiger partial charge in [-0.2, -0.15) is 0 Å². The zero-order valence-corrected chi connectivity index (χ0v) is 24.3. The van der Waals surface area contributed by atoms with Gasteiger partial charge in [-0.3, -0.25) is 0 Å². The van der Waals surface area contributed by atoms with Gasteiger partial charge in [0.1, 0.15) is 0 Å². The SMILES string of the molecule is CC(C)Cc1ccc(CNc2ccc(-c3csc(N(CC4CCCCC4)c4ccc(C(=O)O)cc4)n3)cc2)cc1. The Morgan fingerprint density at radius 1 is 0.950 bits per heavy atom. The van der Waals surface area contributed by atoms with Crippen LogP contribution in [0, 0.1) is 11.8 Å². The predicted molar refractivity (Wildman–Crippen MR) is 167 cm³/mol. The molecule has 5 nitrogen and oxygen atoms in total. The van der Waals surface area contributed by atoms with Crippen LogP contribution >= 0.6 is 11.3 Å². The van der Waals surface area contributed by atoms with Gasteiger partial charge >= 0.3 is 5.97 Å². The molecule has 5 rings (SSSR count). The first-order valence-corrected chi connectivity index (χ1v) is 15.3. The Labute approximate surface area is 241 Å². The predicted octanol–water partition coefficient (Wildman–Crippen LogP) is 9.04. The van der Waals surface area contributed by atoms with E-state index in [1.807, 2.05) is 12.1 Å². The van der Waals surface area contributed by atoms with Crippen molar-refractivity contribution in [3.05, 3.63) is 94.9 Å². The molecule has 1 aliphatic rings. The van der Waals surface area contributed by atoms with Crippen LogP contribution in [0.4, 0.5) is 16.5 Å². The average Bonchev–Trinajstić information content (AvgIpc) is 3.46. The molecule has 1 aliphatic carbocycles. The van der Waals surface area contributed by atoms with Gasteiger partial charge in [-0.1, -0.05) is 69.5 Å². The molecule has 6 heteroatoms. The lowest BCUT2D eigenvalue weighted by molar-refractivity contribution is 0.0697. The van der Waals surface area contributed by atoms with Gasteiger partial charge < -0.3 is 15.3 Å². The van der Waals surface area contributed by atoms with E-state index < -0.39 is 5.97 Å². The van der Waals surface area contributed by atoms with Gasteiger partial charge in [0.15, 0.2) is 5.13 Å². The van der Waals surface area contributed by atoms with E-state index in [4.69, 9.17) is 4.98 Å². The van der Waals surface area contributed by atoms with Crippen molar-refractivity contribution in [3.63, 3.8) is 0 Å². The van der Waals surface area contributed by atoms with Gasteiger partial charge in [0.25, 0.3) is 0 Å². The lowest BCUT2D eigenvalue weighted by Gasteiger charge is -2.29. The number of nitrogens with zero attached hydrogens (tertiary/aromatic N) is 2. The summed E-state index contributed by atoms with van der Waals surface area (Å²) in [4.78, 5) is 18.7. The smallest absolute Gasteiger partial charge is 0.335 e. The third-order valence-corrected chi connectivity index (χ3v) is 8.52. The summed E-state index contributed by atoms with van der Waals surface area (Å²) in [6.07, 6.45) is 7.47. The van der Waals surface area contributed by atoms with Crippen molar-refractivity contribution in [2.24, 2.45) is 11.8 Å². The quantitative estimate of drug-likeness (QED) is 0.194. The molecule has 2 N–H and O–H groups in total. The fourth-order valence-corrected chi connectivity index (χ4v) is 6.32. The molecule has 4 aromatic rings. The molecule has 0 aliphatic heterocycles. The minimum Gasteiger partial charge on any atom is -0.478 e. The number of hydrogen-bond acceptors (Lipinski definition) is 5. The lowest BCUT2D eigenvalue weighted by Crippen LogP contribution is -2.26. The lowest BCUT2D eigenvalue weighted by atomic mass is 9.89. The molecule has 0 saturated heterocycles. The molecule has 0 bridgehead atoms. The molecular weight excluding hydrogens is 514 g/mol. The molecular formula is C34H39N3O2S. The third kappa shape index (κ3) is 7.30. The maximum Gasteiger partial charge on any atom is 0.335 e. The van der Waals surface area contributed by atoms with E-state index in [2.05, 4.69) is 78.0 Å². The molecule has 0 unspecified atom stereocenters. The number of aromatic carboxylic acids is 1. The van der Waals surface area contributed by atoms with Crippen molar-refractivity contribution in [2.45, 2.75) is 58.9 Å². The molecule has 0 radical (unpaired) electrons. The second-order valence-electron chi connectivity index (χ2n) is 11.3. The highest BCUT2D eigenvalue weighted by Gasteiger charge is 2.21. The first kappa shape index (κ1) is 27.9. The van der Waals surface area contributed by atoms with E-state index in [0.29, 0.717) is 17.4 Å². The summed E-state index contributed by atoms with van der Waals surface area (Å²) in [5, 5.41) is 15.9. The molecule has 0 atom stereocenters. The summed E-state index contributed by atoms with van der Waals surface area (Å²) in [5.74, 6) is 0.387. The number of benzene rings is 3. The molecule has 0 amide bonds. The second-order valence-corrected chi connectivity index (χ2v) is 12.2. The monoisotopic (exact) mass is 553 g/mol. The number of anilines is 3. The van der Waals surface area contributed by atoms with Gasteiger partial charge in [-0.25, -0.2) is 9.78 Å². The zero-order chi connectivity index (χ0) is 27.9. The van der Waals surface area contributed by atoms with E-state index >= 15 is 0 Å². The van der Waals surface area contributed by atoms with Crippen molar-refractivity contribution in [2.75, 3.05) is 16.8 Å². The Morgan fingerprint density at radius 2 is 1.62 bits per heavy atom. The van der Waals surface area contributed by atoms with Crippen LogP contribution in [0.25, 0.3) is 11.3 Å². The molecule has 1 heterocycles. The minimum atomic E-state index is -0.903. The topological polar surface area (TPSA) is 65.5 Å². The maximum atomic E-state index is 11.4. The van der Waals surface area contributed by atoms with Crippen LogP contribution in [0.1, 0.15) is 67.4 Å². The van der Waals surface area contributed by atoms with Gasteiger partial charge in [-0.05, 0) is 78.6 Å². The Morgan fingerprint density at radius 3 is 2.27 bits per heavy atom. The second kappa shape index (κ2) is 13.1. The largest absolute Gasteiger partial charge is 0.478 e. The van der Waals surface area contributed by atoms with Crippen LogP contribution in [0.2, 0.25) is 0 Å². The molecule has 208 valence electrons. The van der Waals surface area contributed by atoms with Crippen LogP contribution in [0.3, 0.4) is 0 Å². The van der Waals surface area contributed by atoms with E-state index in [1.165, 1.54) is 43.2 Å². The fourth-order valence-electron chi connectivity index (χ4n) is 5.45. The number of rotatable bonds is 11. The van der Waals surface area contributed by atoms with Gasteiger partial charge in [-0.15, -0.1) is 11.3 Å². The summed E-state index contributed by atoms with van der Waals surface area (Å²) >= 11 is 1.65. The van der Waals surface area contributed by atoms with Crippen LogP contribution in [-0.4, -0.2) is 22.6 Å². The normalized spacial score (nSPS) is 13.9. The van der Waals surface area contributed by atoms with E-state index in [9.17, 15) is 9.90 Å². The highest BCUT2D eigenvalue weighted by atomic mass is 32.1. The first-order chi connectivity index (χ1) is 19.4. The highest BCUT2D eigenvalue weighted by molar-refractivity contribution is 7.14. The third-order valence-electron chi connectivity index (χ3n) is 7.66. The number of carbonyl (C=O) groups is 1. The number of hydrogen-bond donors (Lipinski definition) is 2. The first-order valence-electron chi connectivity index (χ1n) is 14.4. The number of thiazole rings is 1. The molecule has 40 heavy (non-hydrogen) atoms. The molecule has 1 aromatic heterocycles. The Kier molecular flexibility index (Phi) is 9.17. The van der Waals surface area contributed by atoms with Gasteiger partial charge in [0, 0.05) is 35.4 Å². The minimum absolute atomic E-state index is 0.304. The number of aromatic nitrogens is 1. The van der Waals surface area contributed by atoms with Crippen molar-refractivity contribution in [3.8, 4) is 11.3 Å². The Hall–Kier alpha value is -3.64. The summed E-state index contributed by atoms with van der Waals surface area (Å²) in [6, 6.07) is 24.6. The van der Waals surface area contributed by atoms with Gasteiger partial charge in [0.05, 0.1) is 11.3 Å². The van der Waals surface area contributed by atoms with Gasteiger partial charge in [0.2, 0.25) is 0 Å². The summed E-state index contributed by atoms with van der Waals surface area (Å²) in [6.45, 7) is 6.20. The number of nitrogens with one attached hydrogen (secondary N) is 1. The standard InChI is InChI=1S/C34H39N3O2S/c1-24(2)20-25-8-10-26(11-9-25)21-35-30-16-12-28(13-17-30)32-23-40-34(36-32)37(22-27-6-4-3-5-7-27)31-18-14-29(15-19-31)33(38)39/h8-19,23-24,27,35H,3-7,20-22H2,1-2H3,(H,38,39). The molecule has 1 fully saturated rings. The fraction of sp³-hybridized carbons (Fsp3) is 0.353. The summed E-state index contributed by atoms with van der Waals surface area (Å²) < 4.78 is 0. The number of carboxylic acid groups (broad SMARTS) is 1. The van der Waals surface area contributed by atoms with Crippen molar-refractivity contribution < 1.29 is 9.90 Å². The molecule has 0 spiro atoms. The van der Waals surface area contributed by atoms with Crippen LogP contribution in [0.15, 0.2) is 78.2 Å². The van der Waals surface area contributed by atoms with E-state index in [0.717, 1.165) is 47.3 Å². The molecule has 3 aromatic carbocycles. The van der Waals surface area contributed by atoms with E-state index in [1.54, 1.807) is 23.5 Å². The maximum absolute atomic E-state index is 11.4.